The Morgan fingerprint density at radius 2 is 2.17 bits per heavy atom. The fraction of sp³-hybridized carbons (Fsp3) is 0.400. The molecule has 0 radical (unpaired) electrons. The fourth-order valence-corrected chi connectivity index (χ4v) is 2.32. The summed E-state index contributed by atoms with van der Waals surface area (Å²) in [5.74, 6) is -0.130. The molecule has 1 N–H and O–H groups in total. The van der Waals surface area contributed by atoms with Crippen molar-refractivity contribution >= 4 is 11.6 Å². The molecule has 3 heteroatoms. The van der Waals surface area contributed by atoms with Crippen molar-refractivity contribution in [2.75, 3.05) is 18.0 Å². The number of carbonyl (C=O) groups is 1. The Kier molecular flexibility index (Phi) is 4.03. The third-order valence-corrected chi connectivity index (χ3v) is 3.39. The zero-order chi connectivity index (χ0) is 13.0. The molecule has 1 heterocycles. The maximum absolute atomic E-state index is 11.3. The number of hydrogen-bond acceptors (Lipinski definition) is 2. The average molecular weight is 244 g/mol. The molecule has 2 rings (SSSR count). The molecule has 1 saturated heterocycles. The van der Waals surface area contributed by atoms with Gasteiger partial charge >= 0.3 is 0 Å². The Bertz CT molecular complexity index is 436. The van der Waals surface area contributed by atoms with E-state index in [2.05, 4.69) is 35.0 Å². The molecule has 1 fully saturated rings. The first-order valence-electron chi connectivity index (χ1n) is 6.48. The number of hydrogen-bond donors (Lipinski definition) is 1. The standard InChI is InChI=1S/C15H20N2O/c1-3-15(18)16-12(2)13-7-6-8-14(11-13)17-9-4-5-10-17/h3,6-8,11-12H,1,4-5,9-10H2,2H3,(H,16,18)/t12-/m1/s1. The summed E-state index contributed by atoms with van der Waals surface area (Å²) in [5.41, 5.74) is 2.39. The molecular weight excluding hydrogens is 224 g/mol. The molecule has 0 spiro atoms. The number of anilines is 1. The molecule has 0 bridgehead atoms. The van der Waals surface area contributed by atoms with E-state index in [0.717, 1.165) is 18.7 Å². The Balaban J connectivity index is 2.10. The second-order valence-electron chi connectivity index (χ2n) is 4.72. The van der Waals surface area contributed by atoms with Gasteiger partial charge in [-0.25, -0.2) is 0 Å². The highest BCUT2D eigenvalue weighted by atomic mass is 16.1. The number of rotatable bonds is 4. The highest BCUT2D eigenvalue weighted by Crippen LogP contribution is 2.23. The molecule has 96 valence electrons. The maximum atomic E-state index is 11.3. The average Bonchev–Trinajstić information content (AvgIpc) is 2.92. The van der Waals surface area contributed by atoms with E-state index in [1.165, 1.54) is 24.6 Å². The van der Waals surface area contributed by atoms with Crippen LogP contribution in [0.5, 0.6) is 0 Å². The van der Waals surface area contributed by atoms with Crippen LogP contribution in [0.2, 0.25) is 0 Å². The Morgan fingerprint density at radius 1 is 1.44 bits per heavy atom. The van der Waals surface area contributed by atoms with E-state index in [9.17, 15) is 4.79 Å². The number of nitrogens with one attached hydrogen (secondary N) is 1. The smallest absolute Gasteiger partial charge is 0.243 e. The van der Waals surface area contributed by atoms with Gasteiger partial charge in [-0.1, -0.05) is 18.7 Å². The van der Waals surface area contributed by atoms with Gasteiger partial charge in [0.05, 0.1) is 6.04 Å². The van der Waals surface area contributed by atoms with Crippen LogP contribution in [0.1, 0.15) is 31.4 Å². The van der Waals surface area contributed by atoms with Gasteiger partial charge in [-0.3, -0.25) is 4.79 Å². The van der Waals surface area contributed by atoms with E-state index in [4.69, 9.17) is 0 Å². The van der Waals surface area contributed by atoms with Crippen LogP contribution in [-0.4, -0.2) is 19.0 Å². The minimum atomic E-state index is -0.130. The Labute approximate surface area is 108 Å². The first kappa shape index (κ1) is 12.7. The van der Waals surface area contributed by atoms with E-state index in [1.54, 1.807) is 0 Å². The van der Waals surface area contributed by atoms with Crippen LogP contribution in [0.4, 0.5) is 5.69 Å². The van der Waals surface area contributed by atoms with Crippen LogP contribution >= 0.6 is 0 Å². The first-order valence-corrected chi connectivity index (χ1v) is 6.48. The van der Waals surface area contributed by atoms with Gasteiger partial charge in [0.1, 0.15) is 0 Å². The molecule has 18 heavy (non-hydrogen) atoms. The monoisotopic (exact) mass is 244 g/mol. The number of amides is 1. The molecular formula is C15H20N2O. The van der Waals surface area contributed by atoms with E-state index >= 15 is 0 Å². The summed E-state index contributed by atoms with van der Waals surface area (Å²) in [5, 5.41) is 2.89. The van der Waals surface area contributed by atoms with Crippen molar-refractivity contribution in [1.29, 1.82) is 0 Å². The lowest BCUT2D eigenvalue weighted by atomic mass is 10.1. The minimum absolute atomic E-state index is 0.0121. The quantitative estimate of drug-likeness (QED) is 0.826. The Hall–Kier alpha value is -1.77. The third kappa shape index (κ3) is 2.92. The molecule has 3 nitrogen and oxygen atoms in total. The van der Waals surface area contributed by atoms with Gasteiger partial charge in [-0.2, -0.15) is 0 Å². The Morgan fingerprint density at radius 3 is 2.83 bits per heavy atom. The van der Waals surface area contributed by atoms with Crippen molar-refractivity contribution in [3.63, 3.8) is 0 Å². The predicted octanol–water partition coefficient (Wildman–Crippen LogP) is 2.65. The molecule has 1 aromatic carbocycles. The topological polar surface area (TPSA) is 32.3 Å². The van der Waals surface area contributed by atoms with Crippen molar-refractivity contribution < 1.29 is 4.79 Å². The largest absolute Gasteiger partial charge is 0.372 e. The summed E-state index contributed by atoms with van der Waals surface area (Å²) in [4.78, 5) is 13.7. The molecule has 1 amide bonds. The van der Waals surface area contributed by atoms with Crippen molar-refractivity contribution in [3.05, 3.63) is 42.5 Å². The van der Waals surface area contributed by atoms with E-state index in [1.807, 2.05) is 13.0 Å². The van der Waals surface area contributed by atoms with Crippen molar-refractivity contribution in [1.82, 2.24) is 5.32 Å². The van der Waals surface area contributed by atoms with E-state index in [-0.39, 0.29) is 11.9 Å². The molecule has 1 atom stereocenters. The third-order valence-electron chi connectivity index (χ3n) is 3.39. The van der Waals surface area contributed by atoms with Gasteiger partial charge in [-0.05, 0) is 43.5 Å². The summed E-state index contributed by atoms with van der Waals surface area (Å²) in [7, 11) is 0. The first-order chi connectivity index (χ1) is 8.70. The van der Waals surface area contributed by atoms with Crippen molar-refractivity contribution in [3.8, 4) is 0 Å². The van der Waals surface area contributed by atoms with Gasteiger partial charge in [0.15, 0.2) is 0 Å². The zero-order valence-electron chi connectivity index (χ0n) is 10.9. The number of carbonyl (C=O) groups excluding carboxylic acids is 1. The van der Waals surface area contributed by atoms with Crippen molar-refractivity contribution in [2.24, 2.45) is 0 Å². The lowest BCUT2D eigenvalue weighted by Crippen LogP contribution is -2.25. The van der Waals surface area contributed by atoms with Gasteiger partial charge in [0, 0.05) is 18.8 Å². The summed E-state index contributed by atoms with van der Waals surface area (Å²) in [6.07, 6.45) is 3.85. The van der Waals surface area contributed by atoms with Gasteiger partial charge in [0.2, 0.25) is 5.91 Å². The predicted molar refractivity (Wildman–Crippen MR) is 74.6 cm³/mol. The lowest BCUT2D eigenvalue weighted by molar-refractivity contribution is -0.117. The molecule has 1 aliphatic heterocycles. The van der Waals surface area contributed by atoms with Crippen molar-refractivity contribution in [2.45, 2.75) is 25.8 Å². The second-order valence-corrected chi connectivity index (χ2v) is 4.72. The van der Waals surface area contributed by atoms with Crippen LogP contribution < -0.4 is 10.2 Å². The van der Waals surface area contributed by atoms with E-state index < -0.39 is 0 Å². The normalized spacial score (nSPS) is 16.4. The molecule has 0 aromatic heterocycles. The second kappa shape index (κ2) is 5.71. The van der Waals surface area contributed by atoms with Crippen LogP contribution in [-0.2, 0) is 4.79 Å². The molecule has 1 aromatic rings. The van der Waals surface area contributed by atoms with Gasteiger partial charge < -0.3 is 10.2 Å². The zero-order valence-corrected chi connectivity index (χ0v) is 10.9. The van der Waals surface area contributed by atoms with Gasteiger partial charge in [0.25, 0.3) is 0 Å². The maximum Gasteiger partial charge on any atom is 0.243 e. The van der Waals surface area contributed by atoms with Crippen LogP contribution in [0.25, 0.3) is 0 Å². The SMILES string of the molecule is C=CC(=O)N[C@H](C)c1cccc(N2CCCC2)c1. The molecule has 0 unspecified atom stereocenters. The van der Waals surface area contributed by atoms with Crippen LogP contribution in [0, 0.1) is 0 Å². The summed E-state index contributed by atoms with van der Waals surface area (Å²) in [6.45, 7) is 7.73. The highest BCUT2D eigenvalue weighted by Gasteiger charge is 2.14. The fourth-order valence-electron chi connectivity index (χ4n) is 2.32. The highest BCUT2D eigenvalue weighted by molar-refractivity contribution is 5.87. The molecule has 0 saturated carbocycles. The lowest BCUT2D eigenvalue weighted by Gasteiger charge is -2.20. The van der Waals surface area contributed by atoms with E-state index in [0.29, 0.717) is 0 Å². The molecule has 0 aliphatic carbocycles. The summed E-state index contributed by atoms with van der Waals surface area (Å²) >= 11 is 0. The minimum Gasteiger partial charge on any atom is -0.372 e. The summed E-state index contributed by atoms with van der Waals surface area (Å²) < 4.78 is 0. The van der Waals surface area contributed by atoms with Crippen LogP contribution in [0.15, 0.2) is 36.9 Å². The number of benzene rings is 1. The number of nitrogens with zero attached hydrogens (tertiary/aromatic N) is 1. The van der Waals surface area contributed by atoms with Gasteiger partial charge in [-0.15, -0.1) is 0 Å². The molecule has 1 aliphatic rings. The van der Waals surface area contributed by atoms with Crippen LogP contribution in [0.3, 0.4) is 0 Å². The summed E-state index contributed by atoms with van der Waals surface area (Å²) in [6, 6.07) is 8.42.